The first-order valence-corrected chi connectivity index (χ1v) is 7.56. The molecule has 1 aromatic carbocycles. The van der Waals surface area contributed by atoms with Crippen LogP contribution in [0.3, 0.4) is 0 Å². The summed E-state index contributed by atoms with van der Waals surface area (Å²) in [6, 6.07) is 5.76. The maximum absolute atomic E-state index is 12.4. The van der Waals surface area contributed by atoms with Gasteiger partial charge in [-0.25, -0.2) is 0 Å². The van der Waals surface area contributed by atoms with Gasteiger partial charge in [-0.05, 0) is 18.1 Å². The molecule has 0 aliphatic heterocycles. The molecular formula is C16H18N4O5. The number of carboxylic acids is 1. The fraction of sp³-hybridized carbons (Fsp3) is 0.312. The van der Waals surface area contributed by atoms with Crippen molar-refractivity contribution >= 4 is 17.6 Å². The minimum atomic E-state index is -0.922. The largest absolute Gasteiger partial charge is 0.481 e. The van der Waals surface area contributed by atoms with Crippen molar-refractivity contribution < 1.29 is 19.6 Å². The number of aliphatic carboxylic acids is 1. The van der Waals surface area contributed by atoms with Gasteiger partial charge in [0.25, 0.3) is 11.6 Å². The van der Waals surface area contributed by atoms with Crippen molar-refractivity contribution in [2.45, 2.75) is 13.3 Å². The number of nitro groups is 1. The molecule has 2 N–H and O–H groups in total. The number of hydrogen-bond donors (Lipinski definition) is 2. The number of non-ortho nitro benzene ring substituents is 1. The van der Waals surface area contributed by atoms with Crippen molar-refractivity contribution in [3.8, 4) is 11.3 Å². The topological polar surface area (TPSA) is 127 Å². The average Bonchev–Trinajstić information content (AvgIpc) is 2.94. The molecule has 9 nitrogen and oxygen atoms in total. The van der Waals surface area contributed by atoms with E-state index in [1.54, 1.807) is 20.2 Å². The number of aryl methyl sites for hydroxylation is 1. The van der Waals surface area contributed by atoms with Crippen LogP contribution >= 0.6 is 0 Å². The van der Waals surface area contributed by atoms with Gasteiger partial charge in [-0.15, -0.1) is 0 Å². The minimum absolute atomic E-state index is 0.0392. The number of carbonyl (C=O) groups excluding carboxylic acids is 1. The fourth-order valence-electron chi connectivity index (χ4n) is 2.34. The highest BCUT2D eigenvalue weighted by Crippen LogP contribution is 2.24. The Balaban J connectivity index is 2.18. The van der Waals surface area contributed by atoms with E-state index in [2.05, 4.69) is 10.4 Å². The number of carboxylic acid groups (broad SMARTS) is 1. The van der Waals surface area contributed by atoms with Gasteiger partial charge in [-0.3, -0.25) is 24.4 Å². The van der Waals surface area contributed by atoms with E-state index < -0.39 is 10.9 Å². The molecule has 0 aliphatic rings. The number of nitrogens with one attached hydrogen (secondary N) is 1. The van der Waals surface area contributed by atoms with Crippen LogP contribution in [0.15, 0.2) is 30.5 Å². The van der Waals surface area contributed by atoms with Crippen molar-refractivity contribution in [3.63, 3.8) is 0 Å². The third-order valence-electron chi connectivity index (χ3n) is 3.56. The Morgan fingerprint density at radius 2 is 2.00 bits per heavy atom. The summed E-state index contributed by atoms with van der Waals surface area (Å²) in [6.07, 6.45) is 1.51. The molecule has 1 atom stereocenters. The summed E-state index contributed by atoms with van der Waals surface area (Å²) >= 11 is 0. The van der Waals surface area contributed by atoms with E-state index in [4.69, 9.17) is 5.11 Å². The predicted octanol–water partition coefficient (Wildman–Crippen LogP) is 1.84. The second-order valence-electron chi connectivity index (χ2n) is 5.78. The van der Waals surface area contributed by atoms with Gasteiger partial charge >= 0.3 is 5.97 Å². The Labute approximate surface area is 143 Å². The molecule has 0 fully saturated rings. The number of benzene rings is 1. The van der Waals surface area contributed by atoms with Gasteiger partial charge in [0, 0.05) is 43.9 Å². The Kier molecular flexibility index (Phi) is 5.48. The molecule has 0 aliphatic carbocycles. The van der Waals surface area contributed by atoms with Crippen LogP contribution in [0.2, 0.25) is 0 Å². The third kappa shape index (κ3) is 4.63. The lowest BCUT2D eigenvalue weighted by Gasteiger charge is -2.10. The van der Waals surface area contributed by atoms with E-state index in [1.807, 2.05) is 0 Å². The molecule has 2 rings (SSSR count). The second-order valence-corrected chi connectivity index (χ2v) is 5.78. The Morgan fingerprint density at radius 3 is 2.56 bits per heavy atom. The SMILES string of the molecule is CC(CNC(=O)c1cn(C)nc1-c1ccc([N+](=O)[O-])cc1)CC(=O)O. The van der Waals surface area contributed by atoms with E-state index in [1.165, 1.54) is 28.9 Å². The first-order chi connectivity index (χ1) is 11.8. The lowest BCUT2D eigenvalue weighted by molar-refractivity contribution is -0.384. The van der Waals surface area contributed by atoms with E-state index in [0.29, 0.717) is 16.8 Å². The van der Waals surface area contributed by atoms with E-state index in [9.17, 15) is 19.7 Å². The molecule has 2 aromatic rings. The summed E-state index contributed by atoms with van der Waals surface area (Å²) in [7, 11) is 1.67. The lowest BCUT2D eigenvalue weighted by atomic mass is 10.1. The first kappa shape index (κ1) is 18.1. The fourth-order valence-corrected chi connectivity index (χ4v) is 2.34. The van der Waals surface area contributed by atoms with Crippen LogP contribution in [0, 0.1) is 16.0 Å². The quantitative estimate of drug-likeness (QED) is 0.581. The van der Waals surface area contributed by atoms with Crippen LogP contribution in [0.25, 0.3) is 11.3 Å². The molecule has 1 amide bonds. The van der Waals surface area contributed by atoms with Gasteiger partial charge in [0.1, 0.15) is 5.69 Å². The van der Waals surface area contributed by atoms with Crippen LogP contribution in [0.5, 0.6) is 0 Å². The number of aromatic nitrogens is 2. The van der Waals surface area contributed by atoms with Gasteiger partial charge in [0.2, 0.25) is 0 Å². The standard InChI is InChI=1S/C16H18N4O5/c1-10(7-14(21)22)8-17-16(23)13-9-19(2)18-15(13)11-3-5-12(6-4-11)20(24)25/h3-6,9-10H,7-8H2,1-2H3,(H,17,23)(H,21,22). The summed E-state index contributed by atoms with van der Waals surface area (Å²) in [6.45, 7) is 1.95. The van der Waals surface area contributed by atoms with Crippen molar-refractivity contribution in [1.29, 1.82) is 0 Å². The maximum atomic E-state index is 12.4. The smallest absolute Gasteiger partial charge is 0.303 e. The predicted molar refractivity (Wildman–Crippen MR) is 89.0 cm³/mol. The van der Waals surface area contributed by atoms with Crippen LogP contribution in [-0.4, -0.2) is 38.2 Å². The molecule has 1 unspecified atom stereocenters. The maximum Gasteiger partial charge on any atom is 0.303 e. The molecule has 1 aromatic heterocycles. The Bertz CT molecular complexity index is 797. The van der Waals surface area contributed by atoms with E-state index in [-0.39, 0.29) is 30.5 Å². The van der Waals surface area contributed by atoms with Crippen LogP contribution < -0.4 is 5.32 Å². The molecule has 0 radical (unpaired) electrons. The van der Waals surface area contributed by atoms with Crippen molar-refractivity contribution in [1.82, 2.24) is 15.1 Å². The molecular weight excluding hydrogens is 328 g/mol. The van der Waals surface area contributed by atoms with Gasteiger partial charge < -0.3 is 10.4 Å². The Hall–Kier alpha value is -3.23. The zero-order valence-corrected chi connectivity index (χ0v) is 13.8. The molecule has 0 saturated heterocycles. The zero-order valence-electron chi connectivity index (χ0n) is 13.8. The lowest BCUT2D eigenvalue weighted by Crippen LogP contribution is -2.29. The minimum Gasteiger partial charge on any atom is -0.481 e. The zero-order chi connectivity index (χ0) is 18.6. The van der Waals surface area contributed by atoms with Gasteiger partial charge in [0.05, 0.1) is 10.5 Å². The summed E-state index contributed by atoms with van der Waals surface area (Å²) in [4.78, 5) is 33.3. The Morgan fingerprint density at radius 1 is 1.36 bits per heavy atom. The molecule has 132 valence electrons. The summed E-state index contributed by atoms with van der Waals surface area (Å²) in [5.74, 6) is -1.51. The average molecular weight is 346 g/mol. The molecule has 9 heteroatoms. The molecule has 25 heavy (non-hydrogen) atoms. The first-order valence-electron chi connectivity index (χ1n) is 7.56. The molecule has 1 heterocycles. The molecule has 0 bridgehead atoms. The number of nitrogens with zero attached hydrogens (tertiary/aromatic N) is 3. The number of carbonyl (C=O) groups is 2. The molecule has 0 spiro atoms. The van der Waals surface area contributed by atoms with Crippen molar-refractivity contribution in [2.75, 3.05) is 6.54 Å². The highest BCUT2D eigenvalue weighted by atomic mass is 16.6. The second kappa shape index (κ2) is 7.56. The molecule has 0 saturated carbocycles. The summed E-state index contributed by atoms with van der Waals surface area (Å²) < 4.78 is 1.48. The van der Waals surface area contributed by atoms with E-state index in [0.717, 1.165) is 0 Å². The number of nitro benzene ring substituents is 1. The normalized spacial score (nSPS) is 11.8. The number of rotatable bonds is 7. The highest BCUT2D eigenvalue weighted by Gasteiger charge is 2.19. The summed E-state index contributed by atoms with van der Waals surface area (Å²) in [5, 5.41) is 26.4. The number of hydrogen-bond acceptors (Lipinski definition) is 5. The highest BCUT2D eigenvalue weighted by molar-refractivity contribution is 5.99. The van der Waals surface area contributed by atoms with Crippen molar-refractivity contribution in [3.05, 3.63) is 46.1 Å². The van der Waals surface area contributed by atoms with Gasteiger partial charge in [-0.1, -0.05) is 6.92 Å². The third-order valence-corrected chi connectivity index (χ3v) is 3.56. The van der Waals surface area contributed by atoms with Crippen LogP contribution in [0.1, 0.15) is 23.7 Å². The van der Waals surface area contributed by atoms with E-state index >= 15 is 0 Å². The van der Waals surface area contributed by atoms with Gasteiger partial charge in [0.15, 0.2) is 0 Å². The number of amides is 1. The van der Waals surface area contributed by atoms with Crippen LogP contribution in [-0.2, 0) is 11.8 Å². The van der Waals surface area contributed by atoms with Crippen molar-refractivity contribution in [2.24, 2.45) is 13.0 Å². The van der Waals surface area contributed by atoms with Crippen LogP contribution in [0.4, 0.5) is 5.69 Å². The monoisotopic (exact) mass is 346 g/mol. The van der Waals surface area contributed by atoms with Gasteiger partial charge in [-0.2, -0.15) is 5.10 Å². The summed E-state index contributed by atoms with van der Waals surface area (Å²) in [5.41, 5.74) is 1.25.